The van der Waals surface area contributed by atoms with Gasteiger partial charge in [0.05, 0.1) is 53.7 Å². The Hall–Kier alpha value is -5.27. The Kier molecular flexibility index (Phi) is 6.60. The van der Waals surface area contributed by atoms with Gasteiger partial charge < -0.3 is 23.8 Å². The van der Waals surface area contributed by atoms with Crippen molar-refractivity contribution in [2.75, 3.05) is 30.8 Å². The molecule has 8 rings (SSSR count). The zero-order valence-corrected chi connectivity index (χ0v) is 25.9. The van der Waals surface area contributed by atoms with E-state index in [9.17, 15) is 22.0 Å². The highest BCUT2D eigenvalue weighted by atomic mass is 32.2. The summed E-state index contributed by atoms with van der Waals surface area (Å²) in [5, 5.41) is 3.46. The number of ether oxygens (including phenoxy) is 2. The third-order valence-corrected chi connectivity index (χ3v) is 9.74. The van der Waals surface area contributed by atoms with Gasteiger partial charge in [0.25, 0.3) is 5.91 Å². The lowest BCUT2D eigenvalue weighted by atomic mass is 10.00. The molecule has 3 aromatic carbocycles. The summed E-state index contributed by atoms with van der Waals surface area (Å²) in [4.78, 5) is 18.3. The highest BCUT2D eigenvalue weighted by Gasteiger charge is 2.36. The number of nitrogens with one attached hydrogen (secondary N) is 1. The predicted octanol–water partition coefficient (Wildman–Crippen LogP) is 5.94. The Morgan fingerprint density at radius 3 is 2.51 bits per heavy atom. The first-order chi connectivity index (χ1) is 22.6. The molecule has 238 valence electrons. The molecule has 2 aliphatic heterocycles. The van der Waals surface area contributed by atoms with Crippen LogP contribution in [0, 0.1) is 11.6 Å². The van der Waals surface area contributed by atoms with Gasteiger partial charge in [0, 0.05) is 35.0 Å². The molecule has 5 heterocycles. The first-order valence-corrected chi connectivity index (χ1v) is 16.6. The number of furan rings is 1. The molecule has 13 heteroatoms. The molecular formula is C34H26F2N4O6S. The summed E-state index contributed by atoms with van der Waals surface area (Å²) in [7, 11) is -2.37. The Morgan fingerprint density at radius 1 is 1.02 bits per heavy atom. The molecule has 10 nitrogen and oxygen atoms in total. The maximum absolute atomic E-state index is 14.8. The van der Waals surface area contributed by atoms with Crippen molar-refractivity contribution in [2.45, 2.75) is 12.8 Å². The molecule has 0 atom stereocenters. The Bertz CT molecular complexity index is 2360. The number of hydrogen-bond acceptors (Lipinski definition) is 7. The molecule has 0 saturated carbocycles. The van der Waals surface area contributed by atoms with Crippen LogP contribution in [-0.4, -0.2) is 56.4 Å². The molecule has 6 aromatic rings. The van der Waals surface area contributed by atoms with Crippen molar-refractivity contribution in [3.63, 3.8) is 0 Å². The van der Waals surface area contributed by atoms with E-state index in [0.29, 0.717) is 50.2 Å². The minimum atomic E-state index is -3.85. The van der Waals surface area contributed by atoms with E-state index in [2.05, 4.69) is 5.32 Å². The quantitative estimate of drug-likeness (QED) is 0.236. The lowest BCUT2D eigenvalue weighted by molar-refractivity contribution is 0.0146. The van der Waals surface area contributed by atoms with E-state index in [1.54, 1.807) is 42.5 Å². The first-order valence-electron chi connectivity index (χ1n) is 14.7. The number of aromatic nitrogens is 2. The van der Waals surface area contributed by atoms with Crippen LogP contribution >= 0.6 is 0 Å². The van der Waals surface area contributed by atoms with Gasteiger partial charge in [-0.25, -0.2) is 22.2 Å². The first kappa shape index (κ1) is 29.2. The fourth-order valence-electron chi connectivity index (χ4n) is 6.29. The number of anilines is 1. The van der Waals surface area contributed by atoms with Crippen LogP contribution in [0.4, 0.5) is 14.5 Å². The van der Waals surface area contributed by atoms with Gasteiger partial charge in [-0.1, -0.05) is 6.07 Å². The number of benzene rings is 3. The second-order valence-electron chi connectivity index (χ2n) is 11.5. The summed E-state index contributed by atoms with van der Waals surface area (Å²) >= 11 is 0. The van der Waals surface area contributed by atoms with E-state index in [0.717, 1.165) is 6.26 Å². The van der Waals surface area contributed by atoms with Gasteiger partial charge in [-0.05, 0) is 60.7 Å². The zero-order valence-electron chi connectivity index (χ0n) is 25.1. The van der Waals surface area contributed by atoms with Gasteiger partial charge in [0.2, 0.25) is 10.0 Å². The SMILES string of the molecule is CNC(=O)c1c(-c2ccc(F)cc2)oc2cc(N(C3COC3)S(C)(=O)=O)c(-c3ccc4c(n3)-c3cc5c(F)cccc5n3CO4)cc12. The van der Waals surface area contributed by atoms with Crippen molar-refractivity contribution < 1.29 is 35.9 Å². The Morgan fingerprint density at radius 2 is 1.81 bits per heavy atom. The van der Waals surface area contributed by atoms with Crippen LogP contribution in [0.15, 0.2) is 77.2 Å². The summed E-state index contributed by atoms with van der Waals surface area (Å²) in [6.45, 7) is 0.530. The number of hydrogen-bond donors (Lipinski definition) is 1. The maximum Gasteiger partial charge on any atom is 0.255 e. The fraction of sp³-hybridized carbons (Fsp3) is 0.176. The fourth-order valence-corrected chi connectivity index (χ4v) is 7.47. The molecule has 0 spiro atoms. The minimum Gasteiger partial charge on any atom is -0.470 e. The van der Waals surface area contributed by atoms with Gasteiger partial charge in [0.1, 0.15) is 34.4 Å². The average Bonchev–Trinajstić information content (AvgIpc) is 3.61. The van der Waals surface area contributed by atoms with Crippen LogP contribution in [0.25, 0.3) is 55.8 Å². The van der Waals surface area contributed by atoms with Crippen LogP contribution in [0.1, 0.15) is 10.4 Å². The molecule has 0 radical (unpaired) electrons. The van der Waals surface area contributed by atoms with Gasteiger partial charge in [-0.2, -0.15) is 0 Å². The second-order valence-corrected chi connectivity index (χ2v) is 13.3. The monoisotopic (exact) mass is 656 g/mol. The maximum atomic E-state index is 14.8. The van der Waals surface area contributed by atoms with Crippen LogP contribution in [0.2, 0.25) is 0 Å². The lowest BCUT2D eigenvalue weighted by Gasteiger charge is -2.37. The molecule has 2 aliphatic rings. The van der Waals surface area contributed by atoms with Gasteiger partial charge >= 0.3 is 0 Å². The lowest BCUT2D eigenvalue weighted by Crippen LogP contribution is -2.51. The zero-order chi connectivity index (χ0) is 32.6. The van der Waals surface area contributed by atoms with Gasteiger partial charge in [0.15, 0.2) is 6.73 Å². The minimum absolute atomic E-state index is 0.160. The number of nitrogens with zero attached hydrogens (tertiary/aromatic N) is 3. The molecule has 0 unspecified atom stereocenters. The number of sulfonamides is 1. The Balaban J connectivity index is 1.40. The van der Waals surface area contributed by atoms with E-state index >= 15 is 0 Å². The number of carbonyl (C=O) groups excluding carboxylic acids is 1. The van der Waals surface area contributed by atoms with E-state index in [4.69, 9.17) is 18.9 Å². The molecule has 0 bridgehead atoms. The van der Waals surface area contributed by atoms with E-state index in [-0.39, 0.29) is 48.4 Å². The summed E-state index contributed by atoms with van der Waals surface area (Å²) in [6, 6.07) is 18.3. The Labute approximate surface area is 267 Å². The second kappa shape index (κ2) is 10.6. The van der Waals surface area contributed by atoms with Crippen LogP contribution in [-0.2, 0) is 21.5 Å². The molecule has 47 heavy (non-hydrogen) atoms. The third-order valence-electron chi connectivity index (χ3n) is 8.53. The van der Waals surface area contributed by atoms with Crippen LogP contribution in [0.3, 0.4) is 0 Å². The van der Waals surface area contributed by atoms with E-state index in [1.165, 1.54) is 41.7 Å². The summed E-state index contributed by atoms with van der Waals surface area (Å²) < 4.78 is 76.0. The number of rotatable bonds is 6. The summed E-state index contributed by atoms with van der Waals surface area (Å²) in [5.41, 5.74) is 3.67. The van der Waals surface area contributed by atoms with Crippen molar-refractivity contribution in [1.29, 1.82) is 0 Å². The third kappa shape index (κ3) is 4.64. The highest BCUT2D eigenvalue weighted by Crippen LogP contribution is 2.44. The molecular weight excluding hydrogens is 630 g/mol. The molecule has 0 aliphatic carbocycles. The molecule has 1 saturated heterocycles. The summed E-state index contributed by atoms with van der Waals surface area (Å²) in [5.74, 6) is -0.606. The van der Waals surface area contributed by atoms with E-state index < -0.39 is 27.8 Å². The number of carbonyl (C=O) groups is 1. The molecule has 1 amide bonds. The van der Waals surface area contributed by atoms with Gasteiger partial charge in [-0.15, -0.1) is 0 Å². The number of pyridine rings is 1. The standard InChI is InChI=1S/C34H26F2N4O6S/c1-37-34(41)31-23-12-22(25-10-11-29-32(38-25)28-13-21-24(36)4-3-5-26(21)39(28)17-45-29)27(40(47(2,42)43)20-15-44-16-20)14-30(23)46-33(31)18-6-8-19(35)9-7-18/h3-14,20H,15-17H2,1-2H3,(H,37,41). The average molecular weight is 657 g/mol. The van der Waals surface area contributed by atoms with Crippen molar-refractivity contribution in [2.24, 2.45) is 0 Å². The van der Waals surface area contributed by atoms with Crippen LogP contribution < -0.4 is 14.4 Å². The van der Waals surface area contributed by atoms with Gasteiger partial charge in [-0.3, -0.25) is 9.10 Å². The van der Waals surface area contributed by atoms with Crippen molar-refractivity contribution in [3.05, 3.63) is 90.0 Å². The molecule has 3 aromatic heterocycles. The molecule has 1 fully saturated rings. The van der Waals surface area contributed by atoms with Crippen LogP contribution in [0.5, 0.6) is 5.75 Å². The topological polar surface area (TPSA) is 116 Å². The summed E-state index contributed by atoms with van der Waals surface area (Å²) in [6.07, 6.45) is 1.11. The van der Waals surface area contributed by atoms with E-state index in [1.807, 2.05) is 4.57 Å². The van der Waals surface area contributed by atoms with Crippen molar-refractivity contribution in [3.8, 4) is 39.7 Å². The van der Waals surface area contributed by atoms with Crippen molar-refractivity contribution in [1.82, 2.24) is 14.9 Å². The smallest absolute Gasteiger partial charge is 0.255 e. The largest absolute Gasteiger partial charge is 0.470 e. The number of halogens is 2. The highest BCUT2D eigenvalue weighted by molar-refractivity contribution is 7.92. The number of amides is 1. The molecule has 1 N–H and O–H groups in total. The number of fused-ring (bicyclic) bond motifs is 6. The normalized spacial score (nSPS) is 14.4. The van der Waals surface area contributed by atoms with Crippen molar-refractivity contribution >= 4 is 43.5 Å². The predicted molar refractivity (Wildman–Crippen MR) is 172 cm³/mol.